The highest BCUT2D eigenvalue weighted by molar-refractivity contribution is 5.07. The van der Waals surface area contributed by atoms with Crippen LogP contribution >= 0.6 is 0 Å². The largest absolute Gasteiger partial charge is 0.335 e. The highest BCUT2D eigenvalue weighted by Gasteiger charge is 2.28. The van der Waals surface area contributed by atoms with Crippen LogP contribution in [0.4, 0.5) is 0 Å². The van der Waals surface area contributed by atoms with Crippen LogP contribution in [0, 0.1) is 12.8 Å². The molecule has 0 unspecified atom stereocenters. The van der Waals surface area contributed by atoms with Gasteiger partial charge in [0.1, 0.15) is 5.82 Å². The molecule has 2 aliphatic heterocycles. The number of hydrogen-bond acceptors (Lipinski definition) is 4. The number of fused-ring (bicyclic) bond motifs is 1. The molecule has 122 valence electrons. The number of nitrogens with zero attached hydrogens (tertiary/aromatic N) is 5. The monoisotopic (exact) mass is 313 g/mol. The Labute approximate surface area is 135 Å². The van der Waals surface area contributed by atoms with Gasteiger partial charge in [-0.1, -0.05) is 0 Å². The summed E-state index contributed by atoms with van der Waals surface area (Å²) in [5.74, 6) is 1.76. The molecule has 2 aromatic rings. The highest BCUT2D eigenvalue weighted by Crippen LogP contribution is 2.21. The lowest BCUT2D eigenvalue weighted by molar-refractivity contribution is 0.0754. The van der Waals surface area contributed by atoms with E-state index in [4.69, 9.17) is 4.98 Å². The maximum absolute atomic E-state index is 11.8. The van der Waals surface area contributed by atoms with Crippen molar-refractivity contribution >= 4 is 0 Å². The van der Waals surface area contributed by atoms with E-state index < -0.39 is 0 Å². The zero-order valence-electron chi connectivity index (χ0n) is 13.6. The van der Waals surface area contributed by atoms with Gasteiger partial charge in [-0.25, -0.2) is 9.67 Å². The summed E-state index contributed by atoms with van der Waals surface area (Å²) in [6.45, 7) is 6.72. The van der Waals surface area contributed by atoms with E-state index >= 15 is 0 Å². The number of rotatable bonds is 4. The molecule has 2 aliphatic rings. The van der Waals surface area contributed by atoms with Crippen molar-refractivity contribution in [1.82, 2.24) is 24.2 Å². The molecule has 0 N–H and O–H groups in total. The first-order chi connectivity index (χ1) is 11.2. The second-order valence-corrected chi connectivity index (χ2v) is 6.85. The van der Waals surface area contributed by atoms with Gasteiger partial charge in [-0.15, -0.1) is 0 Å². The normalized spacial score (nSPS) is 18.7. The minimum Gasteiger partial charge on any atom is -0.335 e. The number of likely N-dealkylation sites (tertiary alicyclic amines) is 1. The van der Waals surface area contributed by atoms with E-state index in [0.717, 1.165) is 44.8 Å². The van der Waals surface area contributed by atoms with Gasteiger partial charge in [0.05, 0.1) is 17.9 Å². The Hall–Kier alpha value is -1.95. The van der Waals surface area contributed by atoms with Crippen molar-refractivity contribution in [1.29, 1.82) is 0 Å². The lowest BCUT2D eigenvalue weighted by Crippen LogP contribution is -2.49. The molecule has 0 radical (unpaired) electrons. The summed E-state index contributed by atoms with van der Waals surface area (Å²) in [7, 11) is 0. The van der Waals surface area contributed by atoms with Crippen LogP contribution in [0.15, 0.2) is 23.1 Å². The minimum atomic E-state index is -0.00386. The summed E-state index contributed by atoms with van der Waals surface area (Å²) >= 11 is 0. The van der Waals surface area contributed by atoms with Crippen LogP contribution in [0.3, 0.4) is 0 Å². The molecule has 0 atom stereocenters. The van der Waals surface area contributed by atoms with Gasteiger partial charge in [0, 0.05) is 50.8 Å². The molecule has 0 spiro atoms. The molecule has 1 fully saturated rings. The Morgan fingerprint density at radius 3 is 2.96 bits per heavy atom. The van der Waals surface area contributed by atoms with E-state index in [1.165, 1.54) is 24.4 Å². The zero-order valence-corrected chi connectivity index (χ0v) is 13.6. The molecule has 4 rings (SSSR count). The van der Waals surface area contributed by atoms with E-state index in [2.05, 4.69) is 20.8 Å². The van der Waals surface area contributed by atoms with Crippen LogP contribution in [-0.2, 0) is 26.1 Å². The third kappa shape index (κ3) is 3.08. The Balaban J connectivity index is 1.32. The number of hydrogen-bond donors (Lipinski definition) is 0. The van der Waals surface area contributed by atoms with Gasteiger partial charge < -0.3 is 4.57 Å². The van der Waals surface area contributed by atoms with Crippen molar-refractivity contribution < 1.29 is 0 Å². The van der Waals surface area contributed by atoms with Crippen LogP contribution in [0.2, 0.25) is 0 Å². The molecule has 0 aliphatic carbocycles. The average molecular weight is 313 g/mol. The van der Waals surface area contributed by atoms with Crippen molar-refractivity contribution in [3.05, 3.63) is 45.9 Å². The molecule has 6 nitrogen and oxygen atoms in total. The molecule has 1 saturated heterocycles. The van der Waals surface area contributed by atoms with Gasteiger partial charge in [0.2, 0.25) is 0 Å². The van der Waals surface area contributed by atoms with Crippen molar-refractivity contribution in [3.8, 4) is 0 Å². The van der Waals surface area contributed by atoms with Gasteiger partial charge in [-0.3, -0.25) is 9.69 Å². The molecule has 0 saturated carbocycles. The molecule has 6 heteroatoms. The van der Waals surface area contributed by atoms with Crippen molar-refractivity contribution in [2.24, 2.45) is 5.92 Å². The fraction of sp³-hybridized carbons (Fsp3) is 0.588. The fourth-order valence-electron chi connectivity index (χ4n) is 3.62. The van der Waals surface area contributed by atoms with E-state index in [1.807, 2.05) is 6.92 Å². The van der Waals surface area contributed by atoms with Crippen molar-refractivity contribution in [2.45, 2.75) is 45.8 Å². The Bertz CT molecular complexity index is 733. The lowest BCUT2D eigenvalue weighted by Gasteiger charge is -2.38. The number of aryl methyl sites for hydroxylation is 3. The maximum Gasteiger partial charge on any atom is 0.266 e. The first kappa shape index (κ1) is 14.6. The standard InChI is InChI=1S/C17H23N5O/c1-13-5-6-17(23)22(19-13)10-14-8-20(9-14)11-15-12-21-7-3-2-4-16(21)18-15/h5-6,12,14H,2-4,7-11H2,1H3. The number of imidazole rings is 1. The number of aromatic nitrogens is 4. The van der Waals surface area contributed by atoms with Crippen LogP contribution in [0.5, 0.6) is 0 Å². The van der Waals surface area contributed by atoms with Gasteiger partial charge in [0.15, 0.2) is 0 Å². The quantitative estimate of drug-likeness (QED) is 0.851. The SMILES string of the molecule is Cc1ccc(=O)n(CC2CN(Cc3cn4c(n3)CCCC4)C2)n1. The molecule has 0 bridgehead atoms. The van der Waals surface area contributed by atoms with E-state index in [9.17, 15) is 4.79 Å². The summed E-state index contributed by atoms with van der Waals surface area (Å²) in [5, 5.41) is 4.32. The smallest absolute Gasteiger partial charge is 0.266 e. The molecular formula is C17H23N5O. The van der Waals surface area contributed by atoms with E-state index in [1.54, 1.807) is 16.8 Å². The third-order valence-electron chi connectivity index (χ3n) is 4.81. The molecule has 0 amide bonds. The maximum atomic E-state index is 11.8. The highest BCUT2D eigenvalue weighted by atomic mass is 16.1. The first-order valence-corrected chi connectivity index (χ1v) is 8.49. The fourth-order valence-corrected chi connectivity index (χ4v) is 3.62. The topological polar surface area (TPSA) is 56.0 Å². The zero-order chi connectivity index (χ0) is 15.8. The average Bonchev–Trinajstić information content (AvgIpc) is 2.91. The van der Waals surface area contributed by atoms with Crippen LogP contribution < -0.4 is 5.56 Å². The first-order valence-electron chi connectivity index (χ1n) is 8.49. The lowest BCUT2D eigenvalue weighted by atomic mass is 10.00. The summed E-state index contributed by atoms with van der Waals surface area (Å²) < 4.78 is 3.92. The summed E-state index contributed by atoms with van der Waals surface area (Å²) in [4.78, 5) is 19.0. The van der Waals surface area contributed by atoms with Crippen molar-refractivity contribution in [3.63, 3.8) is 0 Å². The predicted octanol–water partition coefficient (Wildman–Crippen LogP) is 1.22. The summed E-state index contributed by atoms with van der Waals surface area (Å²) in [6.07, 6.45) is 5.87. The molecule has 23 heavy (non-hydrogen) atoms. The van der Waals surface area contributed by atoms with Gasteiger partial charge in [-0.05, 0) is 25.8 Å². The second-order valence-electron chi connectivity index (χ2n) is 6.85. The Kier molecular flexibility index (Phi) is 3.77. The second kappa shape index (κ2) is 5.92. The van der Waals surface area contributed by atoms with Crippen LogP contribution in [0.25, 0.3) is 0 Å². The van der Waals surface area contributed by atoms with Crippen LogP contribution in [-0.4, -0.2) is 37.3 Å². The molecule has 4 heterocycles. The van der Waals surface area contributed by atoms with Crippen molar-refractivity contribution in [2.75, 3.05) is 13.1 Å². The predicted molar refractivity (Wildman–Crippen MR) is 87.2 cm³/mol. The van der Waals surface area contributed by atoms with Gasteiger partial charge in [0.25, 0.3) is 5.56 Å². The summed E-state index contributed by atoms with van der Waals surface area (Å²) in [6, 6.07) is 3.38. The molecule has 0 aromatic carbocycles. The third-order valence-corrected chi connectivity index (χ3v) is 4.81. The minimum absolute atomic E-state index is 0.00386. The molecular weight excluding hydrogens is 290 g/mol. The van der Waals surface area contributed by atoms with Gasteiger partial charge in [-0.2, -0.15) is 5.10 Å². The Morgan fingerprint density at radius 1 is 1.26 bits per heavy atom. The van der Waals surface area contributed by atoms with E-state index in [0.29, 0.717) is 5.92 Å². The summed E-state index contributed by atoms with van der Waals surface area (Å²) in [5.41, 5.74) is 2.08. The van der Waals surface area contributed by atoms with Gasteiger partial charge >= 0.3 is 0 Å². The van der Waals surface area contributed by atoms with Crippen LogP contribution in [0.1, 0.15) is 30.1 Å². The Morgan fingerprint density at radius 2 is 2.13 bits per heavy atom. The van der Waals surface area contributed by atoms with E-state index in [-0.39, 0.29) is 5.56 Å². The molecule has 2 aromatic heterocycles.